The highest BCUT2D eigenvalue weighted by Crippen LogP contribution is 2.35. The second-order valence-corrected chi connectivity index (χ2v) is 7.46. The third-order valence-electron chi connectivity index (χ3n) is 5.09. The lowest BCUT2D eigenvalue weighted by Gasteiger charge is -2.25. The Labute approximate surface area is 184 Å². The Morgan fingerprint density at radius 2 is 1.81 bits per heavy atom. The van der Waals surface area contributed by atoms with Gasteiger partial charge in [-0.15, -0.1) is 0 Å². The number of fused-ring (bicyclic) bond motifs is 1. The molecule has 31 heavy (non-hydrogen) atoms. The lowest BCUT2D eigenvalue weighted by Crippen LogP contribution is -2.38. The largest absolute Gasteiger partial charge is 0.493 e. The van der Waals surface area contributed by atoms with Gasteiger partial charge in [0.05, 0.1) is 39.6 Å². The minimum Gasteiger partial charge on any atom is -0.493 e. The molecule has 1 aliphatic heterocycles. The summed E-state index contributed by atoms with van der Waals surface area (Å²) in [5.74, 6) is 2.64. The number of nitrogens with zero attached hydrogens (tertiary/aromatic N) is 2. The second-order valence-electron chi connectivity index (χ2n) is 7.46. The number of aromatic nitrogens is 2. The van der Waals surface area contributed by atoms with E-state index in [-0.39, 0.29) is 0 Å². The number of nitrogens with one attached hydrogen (secondary N) is 3. The van der Waals surface area contributed by atoms with E-state index in [2.05, 4.69) is 27.9 Å². The third-order valence-corrected chi connectivity index (χ3v) is 5.09. The van der Waals surface area contributed by atoms with E-state index < -0.39 is 0 Å². The fourth-order valence-corrected chi connectivity index (χ4v) is 3.51. The molecule has 172 valence electrons. The van der Waals surface area contributed by atoms with Gasteiger partial charge in [0.1, 0.15) is 5.82 Å². The van der Waals surface area contributed by atoms with Crippen molar-refractivity contribution in [2.45, 2.75) is 32.2 Å². The van der Waals surface area contributed by atoms with Gasteiger partial charge < -0.3 is 34.9 Å². The Kier molecular flexibility index (Phi) is 9.39. The molecule has 0 aliphatic carbocycles. The maximum atomic E-state index is 5.60. The summed E-state index contributed by atoms with van der Waals surface area (Å²) in [6.07, 6.45) is 3.26. The first kappa shape index (κ1) is 23.3. The molecule has 1 fully saturated rings. The van der Waals surface area contributed by atoms with E-state index in [1.165, 1.54) is 0 Å². The number of ether oxygens (including phenoxy) is 4. The quantitative estimate of drug-likeness (QED) is 0.412. The normalized spacial score (nSPS) is 16.3. The minimum absolute atomic E-state index is 0.319. The molecule has 0 saturated carbocycles. The second kappa shape index (κ2) is 12.5. The molecule has 9 nitrogen and oxygen atoms in total. The van der Waals surface area contributed by atoms with Crippen molar-refractivity contribution in [2.24, 2.45) is 0 Å². The van der Waals surface area contributed by atoms with Gasteiger partial charge in [0, 0.05) is 37.2 Å². The van der Waals surface area contributed by atoms with Gasteiger partial charge in [-0.2, -0.15) is 4.98 Å². The van der Waals surface area contributed by atoms with Crippen LogP contribution >= 0.6 is 0 Å². The van der Waals surface area contributed by atoms with Crippen LogP contribution in [-0.4, -0.2) is 76.3 Å². The van der Waals surface area contributed by atoms with Crippen molar-refractivity contribution >= 4 is 22.7 Å². The summed E-state index contributed by atoms with van der Waals surface area (Å²) in [5.41, 5.74) is 0.787. The van der Waals surface area contributed by atoms with E-state index in [9.17, 15) is 0 Å². The fraction of sp³-hybridized carbons (Fsp3) is 0.636. The molecule has 0 radical (unpaired) electrons. The predicted molar refractivity (Wildman–Crippen MR) is 123 cm³/mol. The van der Waals surface area contributed by atoms with Crippen LogP contribution in [0.15, 0.2) is 12.1 Å². The predicted octanol–water partition coefficient (Wildman–Crippen LogP) is 2.67. The number of benzene rings is 1. The minimum atomic E-state index is 0.319. The lowest BCUT2D eigenvalue weighted by molar-refractivity contribution is 0.0518. The molecule has 3 rings (SSSR count). The third kappa shape index (κ3) is 6.81. The molecule has 1 atom stereocenters. The highest BCUT2D eigenvalue weighted by Gasteiger charge is 2.18. The van der Waals surface area contributed by atoms with E-state index >= 15 is 0 Å². The molecule has 0 unspecified atom stereocenters. The van der Waals surface area contributed by atoms with Crippen molar-refractivity contribution in [1.82, 2.24) is 15.3 Å². The fourth-order valence-electron chi connectivity index (χ4n) is 3.51. The average Bonchev–Trinajstić information content (AvgIpc) is 2.80. The SMILES string of the molecule is CCCOCCOCCNc1nc(N[C@H]2CCCNC2)c2cc(OC)c(OC)cc2n1. The van der Waals surface area contributed by atoms with Crippen molar-refractivity contribution in [3.63, 3.8) is 0 Å². The van der Waals surface area contributed by atoms with Crippen LogP contribution in [0, 0.1) is 0 Å². The Morgan fingerprint density at radius 1 is 1.03 bits per heavy atom. The van der Waals surface area contributed by atoms with Crippen molar-refractivity contribution < 1.29 is 18.9 Å². The van der Waals surface area contributed by atoms with Crippen LogP contribution in [-0.2, 0) is 9.47 Å². The number of piperidine rings is 1. The monoisotopic (exact) mass is 433 g/mol. The molecule has 9 heteroatoms. The summed E-state index contributed by atoms with van der Waals surface area (Å²) in [6.45, 7) is 7.19. The summed E-state index contributed by atoms with van der Waals surface area (Å²) in [7, 11) is 3.25. The first-order valence-electron chi connectivity index (χ1n) is 11.1. The molecule has 1 aromatic heterocycles. The Hall–Kier alpha value is -2.36. The van der Waals surface area contributed by atoms with Crippen molar-refractivity contribution in [2.75, 3.05) is 70.9 Å². The number of hydrogen-bond donors (Lipinski definition) is 3. The van der Waals surface area contributed by atoms with Crippen LogP contribution in [0.1, 0.15) is 26.2 Å². The summed E-state index contributed by atoms with van der Waals surface area (Å²) in [6, 6.07) is 4.13. The summed E-state index contributed by atoms with van der Waals surface area (Å²) in [4.78, 5) is 9.42. The smallest absolute Gasteiger partial charge is 0.225 e. The van der Waals surface area contributed by atoms with E-state index in [0.29, 0.717) is 49.9 Å². The Balaban J connectivity index is 1.71. The standard InChI is InChI=1S/C22H35N5O4/c1-4-9-30-11-12-31-10-8-24-22-26-18-14-20(29-3)19(28-2)13-17(18)21(27-22)25-16-6-5-7-23-15-16/h13-14,16,23H,4-12,15H2,1-3H3,(H2,24,25,26,27)/t16-/m0/s1. The molecule has 1 aliphatic rings. The maximum Gasteiger partial charge on any atom is 0.225 e. The van der Waals surface area contributed by atoms with Gasteiger partial charge in [0.15, 0.2) is 11.5 Å². The van der Waals surface area contributed by atoms with Crippen molar-refractivity contribution in [1.29, 1.82) is 0 Å². The van der Waals surface area contributed by atoms with Gasteiger partial charge in [-0.05, 0) is 31.9 Å². The van der Waals surface area contributed by atoms with E-state index in [0.717, 1.165) is 55.7 Å². The van der Waals surface area contributed by atoms with Crippen LogP contribution in [0.5, 0.6) is 11.5 Å². The van der Waals surface area contributed by atoms with Crippen LogP contribution in [0.4, 0.5) is 11.8 Å². The van der Waals surface area contributed by atoms with Gasteiger partial charge in [-0.1, -0.05) is 6.92 Å². The van der Waals surface area contributed by atoms with Crippen LogP contribution < -0.4 is 25.4 Å². The highest BCUT2D eigenvalue weighted by atomic mass is 16.5. The van der Waals surface area contributed by atoms with Crippen molar-refractivity contribution in [3.8, 4) is 11.5 Å². The molecule has 3 N–H and O–H groups in total. The van der Waals surface area contributed by atoms with E-state index in [4.69, 9.17) is 23.9 Å². The zero-order chi connectivity index (χ0) is 21.9. The zero-order valence-corrected chi connectivity index (χ0v) is 18.8. The molecule has 0 amide bonds. The number of methoxy groups -OCH3 is 2. The summed E-state index contributed by atoms with van der Waals surface area (Å²) in [5, 5.41) is 11.2. The molecule has 0 spiro atoms. The molecule has 2 aromatic rings. The Morgan fingerprint density at radius 3 is 2.52 bits per heavy atom. The lowest BCUT2D eigenvalue weighted by atomic mass is 10.1. The molecule has 1 aromatic carbocycles. The van der Waals surface area contributed by atoms with Gasteiger partial charge in [0.2, 0.25) is 5.95 Å². The van der Waals surface area contributed by atoms with Crippen molar-refractivity contribution in [3.05, 3.63) is 12.1 Å². The van der Waals surface area contributed by atoms with E-state index in [1.807, 2.05) is 12.1 Å². The van der Waals surface area contributed by atoms with Gasteiger partial charge in [-0.25, -0.2) is 4.98 Å². The van der Waals surface area contributed by atoms with Crippen LogP contribution in [0.3, 0.4) is 0 Å². The average molecular weight is 434 g/mol. The number of rotatable bonds is 13. The van der Waals surface area contributed by atoms with Gasteiger partial charge in [-0.3, -0.25) is 0 Å². The van der Waals surface area contributed by atoms with Gasteiger partial charge >= 0.3 is 0 Å². The summed E-state index contributed by atoms with van der Waals surface area (Å²) < 4.78 is 22.0. The highest BCUT2D eigenvalue weighted by molar-refractivity contribution is 5.92. The topological polar surface area (TPSA) is 98.8 Å². The van der Waals surface area contributed by atoms with Gasteiger partial charge in [0.25, 0.3) is 0 Å². The van der Waals surface area contributed by atoms with Crippen LogP contribution in [0.25, 0.3) is 10.9 Å². The zero-order valence-electron chi connectivity index (χ0n) is 18.8. The molecule has 1 saturated heterocycles. The number of hydrogen-bond acceptors (Lipinski definition) is 9. The number of anilines is 2. The summed E-state index contributed by atoms with van der Waals surface area (Å²) >= 11 is 0. The molecular weight excluding hydrogens is 398 g/mol. The molecule has 0 bridgehead atoms. The molecular formula is C22H35N5O4. The maximum absolute atomic E-state index is 5.60. The Bertz CT molecular complexity index is 814. The first-order chi connectivity index (χ1) is 15.2. The first-order valence-corrected chi connectivity index (χ1v) is 11.1. The van der Waals surface area contributed by atoms with E-state index in [1.54, 1.807) is 14.2 Å². The van der Waals surface area contributed by atoms with Crippen LogP contribution in [0.2, 0.25) is 0 Å². The molecule has 2 heterocycles.